The number of anilines is 1. The molecule has 1 aliphatic rings. The third-order valence-corrected chi connectivity index (χ3v) is 4.16. The Balaban J connectivity index is 2.10. The lowest BCUT2D eigenvalue weighted by molar-refractivity contribution is -0.121. The molecule has 1 amide bonds. The number of halogens is 1. The summed E-state index contributed by atoms with van der Waals surface area (Å²) in [7, 11) is 0. The highest BCUT2D eigenvalue weighted by Crippen LogP contribution is 2.29. The molecule has 1 saturated carbocycles. The SMILES string of the molecule is CC1CCC(C(=O)Nc2ccc(Cl)cc2C#CCO)CC1. The van der Waals surface area contributed by atoms with Gasteiger partial charge in [-0.2, -0.15) is 0 Å². The van der Waals surface area contributed by atoms with Gasteiger partial charge in [-0.15, -0.1) is 0 Å². The summed E-state index contributed by atoms with van der Waals surface area (Å²) in [6, 6.07) is 5.18. The maximum Gasteiger partial charge on any atom is 0.227 e. The summed E-state index contributed by atoms with van der Waals surface area (Å²) in [6.07, 6.45) is 4.10. The molecule has 3 nitrogen and oxygen atoms in total. The molecule has 4 heteroatoms. The van der Waals surface area contributed by atoms with E-state index in [0.717, 1.165) is 31.6 Å². The Morgan fingerprint density at radius 1 is 1.38 bits per heavy atom. The van der Waals surface area contributed by atoms with Crippen molar-refractivity contribution in [1.82, 2.24) is 0 Å². The first-order valence-corrected chi connectivity index (χ1v) is 7.68. The molecule has 0 heterocycles. The van der Waals surface area contributed by atoms with Crippen LogP contribution in [0, 0.1) is 23.7 Å². The van der Waals surface area contributed by atoms with E-state index in [1.165, 1.54) is 0 Å². The van der Waals surface area contributed by atoms with Crippen molar-refractivity contribution in [2.75, 3.05) is 11.9 Å². The van der Waals surface area contributed by atoms with Gasteiger partial charge in [-0.1, -0.05) is 30.4 Å². The average Bonchev–Trinajstić information content (AvgIpc) is 2.48. The molecule has 0 spiro atoms. The van der Waals surface area contributed by atoms with Crippen molar-refractivity contribution in [1.29, 1.82) is 0 Å². The van der Waals surface area contributed by atoms with E-state index >= 15 is 0 Å². The number of nitrogens with one attached hydrogen (secondary N) is 1. The highest BCUT2D eigenvalue weighted by Gasteiger charge is 2.24. The van der Waals surface area contributed by atoms with Crippen LogP contribution in [0.1, 0.15) is 38.2 Å². The monoisotopic (exact) mass is 305 g/mol. The van der Waals surface area contributed by atoms with Crippen LogP contribution < -0.4 is 5.32 Å². The molecule has 0 aromatic heterocycles. The summed E-state index contributed by atoms with van der Waals surface area (Å²) >= 11 is 5.95. The second-order valence-electron chi connectivity index (χ2n) is 5.60. The Hall–Kier alpha value is -1.50. The first-order valence-electron chi connectivity index (χ1n) is 7.30. The Bertz CT molecular complexity index is 566. The van der Waals surface area contributed by atoms with Crippen LogP contribution >= 0.6 is 11.6 Å². The van der Waals surface area contributed by atoms with Gasteiger partial charge in [-0.25, -0.2) is 0 Å². The summed E-state index contributed by atoms with van der Waals surface area (Å²) in [5, 5.41) is 12.3. The van der Waals surface area contributed by atoms with E-state index in [4.69, 9.17) is 16.7 Å². The Kier molecular flexibility index (Phi) is 5.67. The fourth-order valence-electron chi connectivity index (χ4n) is 2.62. The Labute approximate surface area is 130 Å². The van der Waals surface area contributed by atoms with Gasteiger partial charge in [-0.05, 0) is 49.8 Å². The second-order valence-corrected chi connectivity index (χ2v) is 6.03. The molecule has 21 heavy (non-hydrogen) atoms. The summed E-state index contributed by atoms with van der Waals surface area (Å²) in [6.45, 7) is 2.01. The molecule has 0 radical (unpaired) electrons. The molecule has 1 aromatic rings. The maximum atomic E-state index is 12.3. The highest BCUT2D eigenvalue weighted by molar-refractivity contribution is 6.30. The van der Waals surface area contributed by atoms with E-state index in [-0.39, 0.29) is 18.4 Å². The Morgan fingerprint density at radius 3 is 2.76 bits per heavy atom. The molecule has 0 aliphatic heterocycles. The molecule has 1 fully saturated rings. The van der Waals surface area contributed by atoms with E-state index in [0.29, 0.717) is 16.3 Å². The molecule has 1 aromatic carbocycles. The largest absolute Gasteiger partial charge is 0.384 e. The number of hydrogen-bond donors (Lipinski definition) is 2. The summed E-state index contributed by atoms with van der Waals surface area (Å²) < 4.78 is 0. The third kappa shape index (κ3) is 4.49. The molecular weight excluding hydrogens is 286 g/mol. The zero-order valence-electron chi connectivity index (χ0n) is 12.2. The standard InChI is InChI=1S/C17H20ClNO2/c1-12-4-6-13(7-5-12)17(21)19-16-9-8-15(18)11-14(16)3-2-10-20/h8-9,11-13,20H,4-7,10H2,1H3,(H,19,21). The molecule has 0 saturated heterocycles. The lowest BCUT2D eigenvalue weighted by atomic mass is 9.82. The summed E-state index contributed by atoms with van der Waals surface area (Å²) in [4.78, 5) is 12.3. The predicted octanol–water partition coefficient (Wildman–Crippen LogP) is 3.45. The zero-order chi connectivity index (χ0) is 15.2. The van der Waals surface area contributed by atoms with E-state index in [1.54, 1.807) is 18.2 Å². The summed E-state index contributed by atoms with van der Waals surface area (Å²) in [5.74, 6) is 6.26. The first-order chi connectivity index (χ1) is 10.1. The lowest BCUT2D eigenvalue weighted by Gasteiger charge is -2.25. The molecule has 0 bridgehead atoms. The molecule has 2 rings (SSSR count). The lowest BCUT2D eigenvalue weighted by Crippen LogP contribution is -2.26. The highest BCUT2D eigenvalue weighted by atomic mass is 35.5. The Morgan fingerprint density at radius 2 is 2.10 bits per heavy atom. The second kappa shape index (κ2) is 7.49. The van der Waals surface area contributed by atoms with Crippen LogP contribution in [-0.4, -0.2) is 17.6 Å². The number of rotatable bonds is 2. The van der Waals surface area contributed by atoms with Gasteiger partial charge in [0.15, 0.2) is 0 Å². The minimum absolute atomic E-state index is 0.0521. The topological polar surface area (TPSA) is 49.3 Å². The molecule has 1 aliphatic carbocycles. The third-order valence-electron chi connectivity index (χ3n) is 3.93. The van der Waals surface area contributed by atoms with Gasteiger partial charge in [0.05, 0.1) is 5.69 Å². The average molecular weight is 306 g/mol. The van der Waals surface area contributed by atoms with Crippen molar-refractivity contribution < 1.29 is 9.90 Å². The predicted molar refractivity (Wildman–Crippen MR) is 85.2 cm³/mol. The van der Waals surface area contributed by atoms with Gasteiger partial charge in [-0.3, -0.25) is 4.79 Å². The number of aliphatic hydroxyl groups excluding tert-OH is 1. The quantitative estimate of drug-likeness (QED) is 0.822. The number of hydrogen-bond acceptors (Lipinski definition) is 2. The fourth-order valence-corrected chi connectivity index (χ4v) is 2.79. The van der Waals surface area contributed by atoms with Crippen LogP contribution in [0.5, 0.6) is 0 Å². The van der Waals surface area contributed by atoms with Gasteiger partial charge in [0.1, 0.15) is 6.61 Å². The van der Waals surface area contributed by atoms with Gasteiger partial charge in [0.25, 0.3) is 0 Å². The van der Waals surface area contributed by atoms with Crippen LogP contribution in [0.15, 0.2) is 18.2 Å². The van der Waals surface area contributed by atoms with Crippen molar-refractivity contribution >= 4 is 23.2 Å². The van der Waals surface area contributed by atoms with Gasteiger partial charge in [0.2, 0.25) is 5.91 Å². The van der Waals surface area contributed by atoms with E-state index in [9.17, 15) is 4.79 Å². The molecule has 0 atom stereocenters. The van der Waals surface area contributed by atoms with Crippen LogP contribution in [0.25, 0.3) is 0 Å². The van der Waals surface area contributed by atoms with Crippen molar-refractivity contribution in [2.45, 2.75) is 32.6 Å². The molecule has 112 valence electrons. The smallest absolute Gasteiger partial charge is 0.227 e. The number of aliphatic hydroxyl groups is 1. The van der Waals surface area contributed by atoms with Gasteiger partial charge >= 0.3 is 0 Å². The van der Waals surface area contributed by atoms with Crippen LogP contribution in [-0.2, 0) is 4.79 Å². The van der Waals surface area contributed by atoms with Crippen molar-refractivity contribution in [2.24, 2.45) is 11.8 Å². The normalized spacial score (nSPS) is 21.3. The molecule has 0 unspecified atom stereocenters. The van der Waals surface area contributed by atoms with Crippen LogP contribution in [0.3, 0.4) is 0 Å². The van der Waals surface area contributed by atoms with Gasteiger partial charge in [0, 0.05) is 16.5 Å². The molecular formula is C17H20ClNO2. The number of carbonyl (C=O) groups excluding carboxylic acids is 1. The fraction of sp³-hybridized carbons (Fsp3) is 0.471. The van der Waals surface area contributed by atoms with Gasteiger partial charge < -0.3 is 10.4 Å². The number of amides is 1. The van der Waals surface area contributed by atoms with Crippen molar-refractivity contribution in [3.05, 3.63) is 28.8 Å². The van der Waals surface area contributed by atoms with E-state index in [1.807, 2.05) is 0 Å². The van der Waals surface area contributed by atoms with E-state index < -0.39 is 0 Å². The minimum atomic E-state index is -0.222. The number of carbonyl (C=O) groups is 1. The van der Waals surface area contributed by atoms with Crippen LogP contribution in [0.4, 0.5) is 5.69 Å². The zero-order valence-corrected chi connectivity index (χ0v) is 12.9. The maximum absolute atomic E-state index is 12.3. The van der Waals surface area contributed by atoms with E-state index in [2.05, 4.69) is 24.1 Å². The van der Waals surface area contributed by atoms with Crippen molar-refractivity contribution in [3.8, 4) is 11.8 Å². The summed E-state index contributed by atoms with van der Waals surface area (Å²) in [5.41, 5.74) is 1.29. The molecule has 2 N–H and O–H groups in total. The minimum Gasteiger partial charge on any atom is -0.384 e. The first kappa shape index (κ1) is 15.9. The van der Waals surface area contributed by atoms with Crippen LogP contribution in [0.2, 0.25) is 5.02 Å². The number of benzene rings is 1. The van der Waals surface area contributed by atoms with Crippen molar-refractivity contribution in [3.63, 3.8) is 0 Å².